The molecule has 0 saturated heterocycles. The number of carbonyl (C=O) groups is 1. The van der Waals surface area contributed by atoms with Crippen LogP contribution in [-0.4, -0.2) is 17.7 Å². The second kappa shape index (κ2) is 3.98. The van der Waals surface area contributed by atoms with Crippen LogP contribution in [0.3, 0.4) is 0 Å². The Hall–Kier alpha value is -1.22. The zero-order valence-electron chi connectivity index (χ0n) is 9.00. The van der Waals surface area contributed by atoms with Crippen molar-refractivity contribution in [3.8, 4) is 5.75 Å². The van der Waals surface area contributed by atoms with E-state index in [9.17, 15) is 4.79 Å². The van der Waals surface area contributed by atoms with Gasteiger partial charge in [-0.25, -0.2) is 0 Å². The average Bonchev–Trinajstić information content (AvgIpc) is 3.02. The number of ether oxygens (including phenoxy) is 1. The molecule has 1 aromatic rings. The summed E-state index contributed by atoms with van der Waals surface area (Å²) in [6, 6.07) is 5.23. The van der Waals surface area contributed by atoms with E-state index >= 15 is 0 Å². The van der Waals surface area contributed by atoms with Crippen LogP contribution < -0.4 is 4.74 Å². The number of hydrogen-bond acceptors (Lipinski definition) is 2. The van der Waals surface area contributed by atoms with E-state index in [1.807, 2.05) is 6.92 Å². The maximum atomic E-state index is 11.1. The minimum absolute atomic E-state index is 0.479. The second-order valence-electron chi connectivity index (χ2n) is 3.97. The van der Waals surface area contributed by atoms with E-state index in [0.717, 1.165) is 5.56 Å². The minimum atomic E-state index is -0.771. The Morgan fingerprint density at radius 2 is 2.25 bits per heavy atom. The van der Waals surface area contributed by atoms with Gasteiger partial charge in [0.2, 0.25) is 0 Å². The molecule has 1 aliphatic rings. The van der Waals surface area contributed by atoms with Crippen LogP contribution >= 0.6 is 11.6 Å². The standard InChI is InChI=1S/C12H13ClO3/c1-2-16-10-4-3-8(7-9(10)13)12(5-6-12)11(14)15/h3-4,7H,2,5-6H2,1H3,(H,14,15). The summed E-state index contributed by atoms with van der Waals surface area (Å²) in [5, 5.41) is 9.63. The van der Waals surface area contributed by atoms with E-state index in [1.165, 1.54) is 0 Å². The lowest BCUT2D eigenvalue weighted by Crippen LogP contribution is -2.19. The van der Waals surface area contributed by atoms with Gasteiger partial charge in [-0.15, -0.1) is 0 Å². The Labute approximate surface area is 99.0 Å². The number of carboxylic acids is 1. The van der Waals surface area contributed by atoms with Gasteiger partial charge in [-0.1, -0.05) is 17.7 Å². The highest BCUT2D eigenvalue weighted by atomic mass is 35.5. The number of hydrogen-bond donors (Lipinski definition) is 1. The van der Waals surface area contributed by atoms with Gasteiger partial charge >= 0.3 is 5.97 Å². The number of benzene rings is 1. The smallest absolute Gasteiger partial charge is 0.314 e. The summed E-state index contributed by atoms with van der Waals surface area (Å²) in [5.74, 6) is -0.165. The van der Waals surface area contributed by atoms with Gasteiger partial charge in [-0.05, 0) is 37.5 Å². The first-order valence-corrected chi connectivity index (χ1v) is 5.64. The van der Waals surface area contributed by atoms with Crippen molar-refractivity contribution in [2.24, 2.45) is 0 Å². The number of carboxylic acid groups (broad SMARTS) is 1. The van der Waals surface area contributed by atoms with Crippen LogP contribution in [0.25, 0.3) is 0 Å². The average molecular weight is 241 g/mol. The van der Waals surface area contributed by atoms with E-state index in [2.05, 4.69) is 0 Å². The number of halogens is 1. The molecule has 0 amide bonds. The van der Waals surface area contributed by atoms with Crippen molar-refractivity contribution in [3.05, 3.63) is 28.8 Å². The molecule has 86 valence electrons. The van der Waals surface area contributed by atoms with E-state index in [1.54, 1.807) is 18.2 Å². The van der Waals surface area contributed by atoms with Crippen molar-refractivity contribution in [1.82, 2.24) is 0 Å². The summed E-state index contributed by atoms with van der Waals surface area (Å²) in [4.78, 5) is 11.1. The van der Waals surface area contributed by atoms with Crippen LogP contribution in [-0.2, 0) is 10.2 Å². The van der Waals surface area contributed by atoms with Gasteiger partial charge in [0.15, 0.2) is 0 Å². The molecule has 0 unspecified atom stereocenters. The van der Waals surface area contributed by atoms with Crippen molar-refractivity contribution in [2.45, 2.75) is 25.2 Å². The van der Waals surface area contributed by atoms with Crippen LogP contribution in [0.2, 0.25) is 5.02 Å². The highest BCUT2D eigenvalue weighted by Gasteiger charge is 2.51. The van der Waals surface area contributed by atoms with Crippen LogP contribution in [0.15, 0.2) is 18.2 Å². The van der Waals surface area contributed by atoms with E-state index in [-0.39, 0.29) is 0 Å². The van der Waals surface area contributed by atoms with Crippen LogP contribution in [0.5, 0.6) is 5.75 Å². The van der Waals surface area contributed by atoms with Crippen molar-refractivity contribution >= 4 is 17.6 Å². The predicted molar refractivity (Wildman–Crippen MR) is 61.2 cm³/mol. The van der Waals surface area contributed by atoms with E-state index < -0.39 is 11.4 Å². The molecule has 1 saturated carbocycles. The molecule has 16 heavy (non-hydrogen) atoms. The van der Waals surface area contributed by atoms with E-state index in [4.69, 9.17) is 21.4 Å². The lowest BCUT2D eigenvalue weighted by Gasteiger charge is -2.12. The first kappa shape index (κ1) is 11.3. The van der Waals surface area contributed by atoms with E-state index in [0.29, 0.717) is 30.2 Å². The molecule has 0 atom stereocenters. The summed E-state index contributed by atoms with van der Waals surface area (Å²) in [7, 11) is 0. The first-order valence-electron chi connectivity index (χ1n) is 5.26. The van der Waals surface area contributed by atoms with Crippen LogP contribution in [0, 0.1) is 0 Å². The molecule has 0 aromatic heterocycles. The fourth-order valence-corrected chi connectivity index (χ4v) is 2.06. The quantitative estimate of drug-likeness (QED) is 0.880. The lowest BCUT2D eigenvalue weighted by atomic mass is 9.96. The first-order chi connectivity index (χ1) is 7.60. The van der Waals surface area contributed by atoms with Crippen molar-refractivity contribution in [1.29, 1.82) is 0 Å². The normalized spacial score (nSPS) is 16.9. The fourth-order valence-electron chi connectivity index (χ4n) is 1.82. The van der Waals surface area contributed by atoms with Gasteiger partial charge in [0, 0.05) is 0 Å². The van der Waals surface area contributed by atoms with Crippen LogP contribution in [0.4, 0.5) is 0 Å². The molecule has 2 rings (SSSR count). The molecule has 3 nitrogen and oxygen atoms in total. The molecule has 0 spiro atoms. The molecular weight excluding hydrogens is 228 g/mol. The monoisotopic (exact) mass is 240 g/mol. The Morgan fingerprint density at radius 1 is 1.56 bits per heavy atom. The summed E-state index contributed by atoms with van der Waals surface area (Å²) in [5.41, 5.74) is 0.0717. The van der Waals surface area contributed by atoms with Gasteiger partial charge in [-0.2, -0.15) is 0 Å². The lowest BCUT2D eigenvalue weighted by molar-refractivity contribution is -0.140. The molecule has 0 heterocycles. The zero-order valence-corrected chi connectivity index (χ0v) is 9.75. The maximum absolute atomic E-state index is 11.1. The summed E-state index contributed by atoms with van der Waals surface area (Å²) in [6.07, 6.45) is 1.37. The number of aliphatic carboxylic acids is 1. The highest BCUT2D eigenvalue weighted by Crippen LogP contribution is 2.49. The molecule has 1 fully saturated rings. The Kier molecular flexibility index (Phi) is 2.80. The zero-order chi connectivity index (χ0) is 11.8. The van der Waals surface area contributed by atoms with Crippen LogP contribution in [0.1, 0.15) is 25.3 Å². The molecule has 1 N–H and O–H groups in total. The summed E-state index contributed by atoms with van der Waals surface area (Å²) >= 11 is 6.03. The van der Waals surface area contributed by atoms with Gasteiger partial charge < -0.3 is 9.84 Å². The molecule has 0 radical (unpaired) electrons. The van der Waals surface area contributed by atoms with Crippen molar-refractivity contribution < 1.29 is 14.6 Å². The number of rotatable bonds is 4. The molecule has 0 aliphatic heterocycles. The maximum Gasteiger partial charge on any atom is 0.314 e. The fraction of sp³-hybridized carbons (Fsp3) is 0.417. The molecule has 4 heteroatoms. The van der Waals surface area contributed by atoms with Gasteiger partial charge in [-0.3, -0.25) is 4.79 Å². The second-order valence-corrected chi connectivity index (χ2v) is 4.37. The Morgan fingerprint density at radius 3 is 2.69 bits per heavy atom. The third kappa shape index (κ3) is 1.76. The van der Waals surface area contributed by atoms with Gasteiger partial charge in [0.1, 0.15) is 5.75 Å². The SMILES string of the molecule is CCOc1ccc(C2(C(=O)O)CC2)cc1Cl. The third-order valence-corrected chi connectivity index (χ3v) is 3.24. The minimum Gasteiger partial charge on any atom is -0.492 e. The largest absolute Gasteiger partial charge is 0.492 e. The van der Waals surface area contributed by atoms with Gasteiger partial charge in [0.05, 0.1) is 17.0 Å². The predicted octanol–water partition coefficient (Wildman–Crippen LogP) is 2.85. The van der Waals surface area contributed by atoms with Crippen molar-refractivity contribution in [2.75, 3.05) is 6.61 Å². The third-order valence-electron chi connectivity index (χ3n) is 2.94. The molecule has 1 aliphatic carbocycles. The molecular formula is C12H13ClO3. The topological polar surface area (TPSA) is 46.5 Å². The molecule has 0 bridgehead atoms. The summed E-state index contributed by atoms with van der Waals surface area (Å²) in [6.45, 7) is 2.42. The van der Waals surface area contributed by atoms with Crippen molar-refractivity contribution in [3.63, 3.8) is 0 Å². The Bertz CT molecular complexity index is 424. The summed E-state index contributed by atoms with van der Waals surface area (Å²) < 4.78 is 5.31. The Balaban J connectivity index is 2.31. The highest BCUT2D eigenvalue weighted by molar-refractivity contribution is 6.32. The molecule has 1 aromatic carbocycles. The van der Waals surface area contributed by atoms with Gasteiger partial charge in [0.25, 0.3) is 0 Å².